The van der Waals surface area contributed by atoms with Gasteiger partial charge < -0.3 is 19.3 Å². The van der Waals surface area contributed by atoms with E-state index in [0.29, 0.717) is 12.1 Å². The number of aromatic nitrogens is 1. The first-order valence-corrected chi connectivity index (χ1v) is 38.1. The van der Waals surface area contributed by atoms with Crippen LogP contribution in [0.3, 0.4) is 0 Å². The molecule has 5 heterocycles. The van der Waals surface area contributed by atoms with E-state index < -0.39 is 0 Å². The molecular weight excluding hydrogens is 1260 g/mol. The second kappa shape index (κ2) is 24.4. The minimum absolute atomic E-state index is 0.0465. The predicted molar refractivity (Wildman–Crippen MR) is 444 cm³/mol. The normalized spacial score (nSPS) is 17.4. The van der Waals surface area contributed by atoms with Gasteiger partial charge in [0, 0.05) is 79.2 Å². The number of benzene rings is 13. The molecule has 2 saturated heterocycles. The van der Waals surface area contributed by atoms with Gasteiger partial charge in [-0.3, -0.25) is 0 Å². The summed E-state index contributed by atoms with van der Waals surface area (Å²) in [6.07, 6.45) is 6.53. The van der Waals surface area contributed by atoms with E-state index in [9.17, 15) is 0 Å². The summed E-state index contributed by atoms with van der Waals surface area (Å²) in [6, 6.07) is 113. The maximum absolute atomic E-state index is 2.92. The first-order valence-electron chi connectivity index (χ1n) is 38.1. The highest BCUT2D eigenvalue weighted by molar-refractivity contribution is 7.00. The topological polar surface area (TPSA) is 14.7 Å². The van der Waals surface area contributed by atoms with Crippen molar-refractivity contribution in [3.63, 3.8) is 0 Å². The molecule has 4 bridgehead atoms. The Morgan fingerprint density at radius 1 is 0.288 bits per heavy atom. The quantitative estimate of drug-likeness (QED) is 0.127. The van der Waals surface area contributed by atoms with Gasteiger partial charge in [-0.15, -0.1) is 0 Å². The van der Waals surface area contributed by atoms with Gasteiger partial charge in [-0.1, -0.05) is 269 Å². The zero-order chi connectivity index (χ0) is 70.5. The Labute approximate surface area is 615 Å². The van der Waals surface area contributed by atoms with Gasteiger partial charge in [-0.05, 0) is 223 Å². The minimum atomic E-state index is -0.307. The van der Waals surface area contributed by atoms with E-state index in [1.165, 1.54) is 166 Å². The lowest BCUT2D eigenvalue weighted by atomic mass is 9.33. The molecule has 0 atom stereocenters. The molecule has 4 aliphatic heterocycles. The maximum atomic E-state index is 2.92. The van der Waals surface area contributed by atoms with E-state index in [-0.39, 0.29) is 23.0 Å². The Bertz CT molecular complexity index is 5460. The van der Waals surface area contributed by atoms with Crippen molar-refractivity contribution in [2.75, 3.05) is 14.7 Å². The summed E-state index contributed by atoms with van der Waals surface area (Å²) >= 11 is 0. The van der Waals surface area contributed by atoms with Crippen molar-refractivity contribution >= 4 is 84.7 Å². The molecular formula is C99H89BN4. The van der Waals surface area contributed by atoms with Crippen LogP contribution in [0, 0.1) is 11.8 Å². The summed E-state index contributed by atoms with van der Waals surface area (Å²) < 4.78 is 2.58. The standard InChI is InChI=1S/C99H89BN4/c1-97(2,3)73-40-46-88-84(57-73)85-58-74(98(4,5)6)41-47-89(85)102(88)77-43-45-87-91(62-77)104(96-82(69-36-24-14-25-37-69)55-72(66-30-18-11-19-31-66)56-83(96)70-38-26-15-27-39-70)93-60-75(99(7,8)9)59-92-94(93)100(87)86-44-42-76(101-78-49-63-48-64(51-78)52-79(101)50-63)61-90(86)103(92)95-80(67-32-20-12-21-33-67)53-71(65-28-16-10-17-29-65)54-81(95)68-34-22-13-23-35-68/h10-47,53-64,78-79H,48-52H2,1-9H3. The van der Waals surface area contributed by atoms with Gasteiger partial charge in [-0.25, -0.2) is 0 Å². The summed E-state index contributed by atoms with van der Waals surface area (Å²) in [7, 11) is 0. The highest BCUT2D eigenvalue weighted by Crippen LogP contribution is 2.57. The van der Waals surface area contributed by atoms with Crippen LogP contribution in [-0.2, 0) is 16.2 Å². The first kappa shape index (κ1) is 64.0. The third-order valence-corrected chi connectivity index (χ3v) is 24.1. The van der Waals surface area contributed by atoms with Gasteiger partial charge in [0.2, 0.25) is 0 Å². The lowest BCUT2D eigenvalue weighted by molar-refractivity contribution is 0.0900. The average molecular weight is 1350 g/mol. The Kier molecular flexibility index (Phi) is 15.0. The molecule has 5 heteroatoms. The van der Waals surface area contributed by atoms with Crippen molar-refractivity contribution in [3.8, 4) is 72.4 Å². The third-order valence-electron chi connectivity index (χ3n) is 24.1. The van der Waals surface area contributed by atoms with Gasteiger partial charge >= 0.3 is 0 Å². The predicted octanol–water partition coefficient (Wildman–Crippen LogP) is 24.5. The summed E-state index contributed by atoms with van der Waals surface area (Å²) in [4.78, 5) is 8.48. The fourth-order valence-electron chi connectivity index (χ4n) is 19.1. The van der Waals surface area contributed by atoms with E-state index in [4.69, 9.17) is 0 Å². The maximum Gasteiger partial charge on any atom is 0.252 e. The van der Waals surface area contributed by atoms with Crippen LogP contribution in [0.4, 0.5) is 39.8 Å². The van der Waals surface area contributed by atoms with Gasteiger partial charge in [0.1, 0.15) is 0 Å². The SMILES string of the molecule is CC(C)(C)c1cc2c3c(c1)N(c1c(-c4ccccc4)cc(-c4ccccc4)cc1-c1ccccc1)c1cc(-n4c5ccc(C(C)(C)C)cc5c5cc(C(C)(C)C)ccc54)ccc1B3c1ccc(N3C4CC5CC(C4)CC3C5)cc1N2c1c(-c2ccccc2)cc(-c2ccccc2)cc1-c1ccccc1. The number of fused-ring (bicyclic) bond motifs is 7. The van der Waals surface area contributed by atoms with Crippen molar-refractivity contribution in [2.24, 2.45) is 11.8 Å². The van der Waals surface area contributed by atoms with Gasteiger partial charge in [0.05, 0.1) is 22.4 Å². The van der Waals surface area contributed by atoms with Crippen LogP contribution in [-0.4, -0.2) is 23.4 Å². The van der Waals surface area contributed by atoms with Crippen molar-refractivity contribution in [3.05, 3.63) is 308 Å². The monoisotopic (exact) mass is 1340 g/mol. The second-order valence-electron chi connectivity index (χ2n) is 33.7. The summed E-state index contributed by atoms with van der Waals surface area (Å²) in [5, 5.41) is 2.56. The number of nitrogens with zero attached hydrogens (tertiary/aromatic N) is 4. The number of rotatable bonds is 10. The van der Waals surface area contributed by atoms with E-state index in [1.807, 2.05) is 0 Å². The number of piperidine rings is 2. The molecule has 4 fully saturated rings. The fraction of sp³-hybridized carbons (Fsp3) is 0.212. The van der Waals surface area contributed by atoms with Crippen LogP contribution in [0.1, 0.15) is 111 Å². The van der Waals surface area contributed by atoms with Crippen molar-refractivity contribution in [1.82, 2.24) is 4.57 Å². The average Bonchev–Trinajstić information content (AvgIpc) is 0.735. The summed E-state index contributed by atoms with van der Waals surface area (Å²) in [5.41, 5.74) is 33.5. The molecule has 508 valence electrons. The third kappa shape index (κ3) is 10.7. The number of hydrogen-bond acceptors (Lipinski definition) is 3. The minimum Gasteiger partial charge on any atom is -0.365 e. The molecule has 0 N–H and O–H groups in total. The molecule has 20 rings (SSSR count). The molecule has 104 heavy (non-hydrogen) atoms. The molecule has 0 amide bonds. The van der Waals surface area contributed by atoms with E-state index in [0.717, 1.165) is 45.5 Å². The highest BCUT2D eigenvalue weighted by Gasteiger charge is 2.50. The highest BCUT2D eigenvalue weighted by atomic mass is 15.2. The molecule has 0 radical (unpaired) electrons. The van der Waals surface area contributed by atoms with Crippen molar-refractivity contribution < 1.29 is 0 Å². The lowest BCUT2D eigenvalue weighted by Gasteiger charge is -2.57. The van der Waals surface area contributed by atoms with Crippen LogP contribution >= 0.6 is 0 Å². The number of anilines is 7. The van der Waals surface area contributed by atoms with Crippen LogP contribution < -0.4 is 31.1 Å². The molecule has 4 nitrogen and oxygen atoms in total. The molecule has 2 saturated carbocycles. The molecule has 0 unspecified atom stereocenters. The largest absolute Gasteiger partial charge is 0.365 e. The Hall–Kier alpha value is -10.9. The molecule has 1 aromatic heterocycles. The van der Waals surface area contributed by atoms with Gasteiger partial charge in [-0.2, -0.15) is 0 Å². The fourth-order valence-corrected chi connectivity index (χ4v) is 19.1. The van der Waals surface area contributed by atoms with Crippen LogP contribution in [0.15, 0.2) is 291 Å². The van der Waals surface area contributed by atoms with Gasteiger partial charge in [0.25, 0.3) is 6.71 Å². The van der Waals surface area contributed by atoms with E-state index in [1.54, 1.807) is 0 Å². The second-order valence-corrected chi connectivity index (χ2v) is 33.7. The van der Waals surface area contributed by atoms with Crippen LogP contribution in [0.2, 0.25) is 0 Å². The zero-order valence-electron chi connectivity index (χ0n) is 61.4. The molecule has 13 aromatic carbocycles. The van der Waals surface area contributed by atoms with Crippen molar-refractivity contribution in [2.45, 2.75) is 123 Å². The molecule has 2 aliphatic carbocycles. The van der Waals surface area contributed by atoms with E-state index >= 15 is 0 Å². The first-order chi connectivity index (χ1) is 50.4. The zero-order valence-corrected chi connectivity index (χ0v) is 61.4. The lowest BCUT2D eigenvalue weighted by Crippen LogP contribution is -2.62. The smallest absolute Gasteiger partial charge is 0.252 e. The van der Waals surface area contributed by atoms with Crippen molar-refractivity contribution in [1.29, 1.82) is 0 Å². The summed E-state index contributed by atoms with van der Waals surface area (Å²) in [6.45, 7) is 21.2. The Morgan fingerprint density at radius 2 is 0.625 bits per heavy atom. The summed E-state index contributed by atoms with van der Waals surface area (Å²) in [5.74, 6) is 1.65. The Morgan fingerprint density at radius 3 is 0.981 bits per heavy atom. The van der Waals surface area contributed by atoms with Crippen LogP contribution in [0.5, 0.6) is 0 Å². The van der Waals surface area contributed by atoms with Gasteiger partial charge in [0.15, 0.2) is 0 Å². The molecule has 14 aromatic rings. The van der Waals surface area contributed by atoms with E-state index in [2.05, 4.69) is 373 Å². The molecule has 6 aliphatic rings. The number of hydrogen-bond donors (Lipinski definition) is 0. The van der Waals surface area contributed by atoms with Crippen LogP contribution in [0.25, 0.3) is 94.3 Å². The Balaban J connectivity index is 0.975. The molecule has 0 spiro atoms.